The molecule has 2 N–H and O–H groups in total. The number of hydrogen-bond acceptors (Lipinski definition) is 3. The predicted octanol–water partition coefficient (Wildman–Crippen LogP) is 1.76. The highest BCUT2D eigenvalue weighted by Gasteiger charge is 2.41. The molecule has 1 aromatic carbocycles. The topological polar surface area (TPSA) is 55.6 Å². The maximum Gasteiger partial charge on any atom is 0.289 e. The number of carbonyl (C=O) groups is 1. The monoisotopic (exact) mass is 272 g/mol. The van der Waals surface area contributed by atoms with Gasteiger partial charge in [-0.3, -0.25) is 4.79 Å². The van der Waals surface area contributed by atoms with Crippen LogP contribution in [0.4, 0.5) is 0 Å². The van der Waals surface area contributed by atoms with Crippen molar-refractivity contribution in [3.63, 3.8) is 0 Å². The minimum Gasteiger partial charge on any atom is -0.482 e. The van der Waals surface area contributed by atoms with E-state index >= 15 is 0 Å². The molecule has 1 heterocycles. The lowest BCUT2D eigenvalue weighted by Gasteiger charge is -2.44. The lowest BCUT2D eigenvalue weighted by Crippen LogP contribution is -2.56. The number of morpholine rings is 1. The molecule has 20 heavy (non-hydrogen) atoms. The Bertz CT molecular complexity index is 527. The second kappa shape index (κ2) is 5.29. The summed E-state index contributed by atoms with van der Waals surface area (Å²) in [7, 11) is 1.85. The molecule has 4 nitrogen and oxygen atoms in total. The van der Waals surface area contributed by atoms with Crippen LogP contribution in [0.5, 0.6) is 0 Å². The van der Waals surface area contributed by atoms with Crippen LogP contribution in [0, 0.1) is 0 Å². The number of fused-ring (bicyclic) bond motifs is 1. The van der Waals surface area contributed by atoms with Crippen LogP contribution in [-0.4, -0.2) is 36.0 Å². The largest absolute Gasteiger partial charge is 0.482 e. The molecule has 0 radical (unpaired) electrons. The minimum absolute atomic E-state index is 0.0517. The minimum atomic E-state index is -0.0517. The van der Waals surface area contributed by atoms with E-state index < -0.39 is 0 Å². The number of nitrogens with two attached hydrogens (primary N) is 1. The number of hydrogen-bond donors (Lipinski definition) is 1. The molecule has 4 heteroatoms. The first kappa shape index (κ1) is 13.2. The fraction of sp³-hybridized carbons (Fsp3) is 0.438. The van der Waals surface area contributed by atoms with Gasteiger partial charge >= 0.3 is 0 Å². The molecule has 2 aliphatic rings. The second-order valence-electron chi connectivity index (χ2n) is 5.63. The van der Waals surface area contributed by atoms with E-state index in [4.69, 9.17) is 10.5 Å². The fourth-order valence-electron chi connectivity index (χ4n) is 3.03. The molecule has 106 valence electrons. The Hall–Kier alpha value is -1.81. The van der Waals surface area contributed by atoms with Gasteiger partial charge in [0.15, 0.2) is 5.76 Å². The summed E-state index contributed by atoms with van der Waals surface area (Å²) in [6.45, 7) is 0. The molecule has 1 amide bonds. The average molecular weight is 272 g/mol. The summed E-state index contributed by atoms with van der Waals surface area (Å²) >= 11 is 0. The van der Waals surface area contributed by atoms with Crippen molar-refractivity contribution in [2.24, 2.45) is 5.73 Å². The van der Waals surface area contributed by atoms with Crippen molar-refractivity contribution in [2.75, 3.05) is 7.05 Å². The van der Waals surface area contributed by atoms with Crippen molar-refractivity contribution >= 4 is 12.0 Å². The summed E-state index contributed by atoms with van der Waals surface area (Å²) in [5.74, 6) is 0.389. The highest BCUT2D eigenvalue weighted by molar-refractivity contribution is 5.96. The van der Waals surface area contributed by atoms with Crippen LogP contribution >= 0.6 is 0 Å². The second-order valence-corrected chi connectivity index (χ2v) is 5.63. The summed E-state index contributed by atoms with van der Waals surface area (Å²) in [5.41, 5.74) is 6.98. The molecule has 1 saturated heterocycles. The van der Waals surface area contributed by atoms with E-state index in [9.17, 15) is 4.79 Å². The first-order valence-corrected chi connectivity index (χ1v) is 7.11. The molecule has 0 bridgehead atoms. The van der Waals surface area contributed by atoms with Gasteiger partial charge in [-0.15, -0.1) is 0 Å². The molecule has 3 rings (SSSR count). The highest BCUT2D eigenvalue weighted by Crippen LogP contribution is 2.31. The van der Waals surface area contributed by atoms with E-state index in [0.29, 0.717) is 5.76 Å². The van der Waals surface area contributed by atoms with E-state index in [1.165, 1.54) is 0 Å². The van der Waals surface area contributed by atoms with Gasteiger partial charge in [-0.05, 0) is 30.9 Å². The summed E-state index contributed by atoms with van der Waals surface area (Å²) in [6, 6.07) is 10.1. The Labute approximate surface area is 119 Å². The van der Waals surface area contributed by atoms with Crippen molar-refractivity contribution in [3.05, 3.63) is 41.7 Å². The van der Waals surface area contributed by atoms with Crippen LogP contribution in [-0.2, 0) is 9.53 Å². The number of ether oxygens (including phenoxy) is 1. The molecule has 3 unspecified atom stereocenters. The van der Waals surface area contributed by atoms with E-state index in [2.05, 4.69) is 0 Å². The van der Waals surface area contributed by atoms with Gasteiger partial charge in [0.25, 0.3) is 5.91 Å². The zero-order valence-electron chi connectivity index (χ0n) is 11.7. The third-order valence-corrected chi connectivity index (χ3v) is 4.20. The number of benzene rings is 1. The number of nitrogens with zero attached hydrogens (tertiary/aromatic N) is 1. The standard InChI is InChI=1S/C16H20N2O2/c1-18-13-10-12(17)7-8-14(13)20-15(16(18)19)9-11-5-3-2-4-6-11/h2-6,9,12-14H,7-8,10,17H2,1H3/b15-9+. The Morgan fingerprint density at radius 1 is 1.30 bits per heavy atom. The van der Waals surface area contributed by atoms with Crippen LogP contribution in [0.2, 0.25) is 0 Å². The molecular weight excluding hydrogens is 252 g/mol. The normalized spacial score (nSPS) is 31.9. The molecule has 1 aliphatic carbocycles. The van der Waals surface area contributed by atoms with E-state index in [1.807, 2.05) is 43.5 Å². The molecule has 2 fully saturated rings. The van der Waals surface area contributed by atoms with Crippen LogP contribution in [0.15, 0.2) is 36.1 Å². The van der Waals surface area contributed by atoms with Gasteiger partial charge in [0, 0.05) is 13.1 Å². The van der Waals surface area contributed by atoms with Gasteiger partial charge in [0.2, 0.25) is 0 Å². The Morgan fingerprint density at radius 3 is 2.80 bits per heavy atom. The fourth-order valence-corrected chi connectivity index (χ4v) is 3.03. The van der Waals surface area contributed by atoms with Gasteiger partial charge in [0.05, 0.1) is 6.04 Å². The van der Waals surface area contributed by atoms with Gasteiger partial charge in [-0.25, -0.2) is 0 Å². The van der Waals surface area contributed by atoms with Gasteiger partial charge in [-0.1, -0.05) is 30.3 Å². The lowest BCUT2D eigenvalue weighted by atomic mass is 9.87. The molecule has 1 saturated carbocycles. The quantitative estimate of drug-likeness (QED) is 0.793. The summed E-state index contributed by atoms with van der Waals surface area (Å²) < 4.78 is 5.94. The van der Waals surface area contributed by atoms with Gasteiger partial charge < -0.3 is 15.4 Å². The summed E-state index contributed by atoms with van der Waals surface area (Å²) in [6.07, 6.45) is 4.60. The Balaban J connectivity index is 1.85. The average Bonchev–Trinajstić information content (AvgIpc) is 2.46. The zero-order chi connectivity index (χ0) is 14.1. The molecule has 0 aromatic heterocycles. The smallest absolute Gasteiger partial charge is 0.289 e. The third-order valence-electron chi connectivity index (χ3n) is 4.20. The van der Waals surface area contributed by atoms with Crippen LogP contribution in [0.1, 0.15) is 24.8 Å². The van der Waals surface area contributed by atoms with E-state index in [0.717, 1.165) is 24.8 Å². The van der Waals surface area contributed by atoms with E-state index in [1.54, 1.807) is 4.90 Å². The molecule has 3 atom stereocenters. The van der Waals surface area contributed by atoms with Gasteiger partial charge in [-0.2, -0.15) is 0 Å². The molecule has 0 spiro atoms. The van der Waals surface area contributed by atoms with Crippen molar-refractivity contribution in [3.8, 4) is 0 Å². The number of rotatable bonds is 1. The first-order chi connectivity index (χ1) is 9.65. The molecule has 1 aliphatic heterocycles. The SMILES string of the molecule is CN1C(=O)/C(=C\c2ccccc2)OC2CCC(N)CC21. The third kappa shape index (κ3) is 2.43. The van der Waals surface area contributed by atoms with Crippen LogP contribution in [0.25, 0.3) is 6.08 Å². The number of likely N-dealkylation sites (N-methyl/N-ethyl adjacent to an activating group) is 1. The number of carbonyl (C=O) groups excluding carboxylic acids is 1. The number of amides is 1. The van der Waals surface area contributed by atoms with Crippen molar-refractivity contribution in [2.45, 2.75) is 37.5 Å². The maximum atomic E-state index is 12.4. The van der Waals surface area contributed by atoms with Crippen molar-refractivity contribution in [1.82, 2.24) is 4.90 Å². The molecule has 1 aromatic rings. The van der Waals surface area contributed by atoms with Crippen molar-refractivity contribution in [1.29, 1.82) is 0 Å². The Kier molecular flexibility index (Phi) is 3.49. The molecular formula is C16H20N2O2. The van der Waals surface area contributed by atoms with Crippen LogP contribution < -0.4 is 5.73 Å². The maximum absolute atomic E-state index is 12.4. The summed E-state index contributed by atoms with van der Waals surface area (Å²) in [4.78, 5) is 14.2. The summed E-state index contributed by atoms with van der Waals surface area (Å²) in [5, 5.41) is 0. The highest BCUT2D eigenvalue weighted by atomic mass is 16.5. The first-order valence-electron chi connectivity index (χ1n) is 7.11. The van der Waals surface area contributed by atoms with Gasteiger partial charge in [0.1, 0.15) is 6.10 Å². The predicted molar refractivity (Wildman–Crippen MR) is 77.7 cm³/mol. The zero-order valence-corrected chi connectivity index (χ0v) is 11.7. The Morgan fingerprint density at radius 2 is 2.05 bits per heavy atom. The lowest BCUT2D eigenvalue weighted by molar-refractivity contribution is -0.146. The van der Waals surface area contributed by atoms with Crippen LogP contribution in [0.3, 0.4) is 0 Å². The van der Waals surface area contributed by atoms with E-state index in [-0.39, 0.29) is 24.1 Å². The van der Waals surface area contributed by atoms with Crippen molar-refractivity contribution < 1.29 is 9.53 Å².